The molecule has 5 heteroatoms. The Hall–Kier alpha value is -0.230. The Morgan fingerprint density at radius 1 is 1.50 bits per heavy atom. The zero-order chi connectivity index (χ0) is 8.13. The van der Waals surface area contributed by atoms with Gasteiger partial charge >= 0.3 is 0 Å². The predicted molar refractivity (Wildman–Crippen MR) is 48.0 cm³/mol. The number of rotatable bonds is 0. The summed E-state index contributed by atoms with van der Waals surface area (Å²) in [5.41, 5.74) is 1.09. The highest BCUT2D eigenvalue weighted by Gasteiger charge is 2.46. The molecular weight excluding hydrogens is 242 g/mol. The van der Waals surface area contributed by atoms with Crippen molar-refractivity contribution in [1.82, 2.24) is 4.47 Å². The first-order chi connectivity index (χ1) is 5.84. The molecule has 1 aromatic carbocycles. The molecule has 0 bridgehead atoms. The number of nitrogens with zero attached hydrogens (tertiary/aromatic N) is 1. The summed E-state index contributed by atoms with van der Waals surface area (Å²) in [5.74, 6) is 0.891. The lowest BCUT2D eigenvalue weighted by Gasteiger charge is -2.10. The Kier molecular flexibility index (Phi) is 1.43. The first-order valence-corrected chi connectivity index (χ1v) is 4.94. The van der Waals surface area contributed by atoms with E-state index in [0.29, 0.717) is 0 Å². The monoisotopic (exact) mass is 245 g/mol. The smallest absolute Gasteiger partial charge is 0.199 e. The fraction of sp³-hybridized carbons (Fsp3) is 0.143. The Morgan fingerprint density at radius 3 is 3.33 bits per heavy atom. The molecule has 1 saturated heterocycles. The summed E-state index contributed by atoms with van der Waals surface area (Å²) in [7, 11) is 0. The maximum Gasteiger partial charge on any atom is 0.199 e. The standard InChI is InChI=1S/C7H4BrNO2S/c8-4-1-2-6-5(3-4)7-9(10-7)12-11-6/h1-3,7H. The van der Waals surface area contributed by atoms with Gasteiger partial charge in [0, 0.05) is 10.0 Å². The molecule has 12 heavy (non-hydrogen) atoms. The minimum atomic E-state index is 0.0937. The lowest BCUT2D eigenvalue weighted by molar-refractivity contribution is 0.297. The van der Waals surface area contributed by atoms with Crippen molar-refractivity contribution in [3.63, 3.8) is 0 Å². The SMILES string of the molecule is Brc1ccc2c(c1)C1ON1SO2. The molecule has 3 nitrogen and oxygen atoms in total. The molecule has 1 aromatic rings. The van der Waals surface area contributed by atoms with Gasteiger partial charge in [-0.3, -0.25) is 4.84 Å². The Balaban J connectivity index is 2.14. The van der Waals surface area contributed by atoms with E-state index in [1.165, 1.54) is 12.2 Å². The molecule has 0 radical (unpaired) electrons. The molecule has 0 aromatic heterocycles. The van der Waals surface area contributed by atoms with Gasteiger partial charge in [0.05, 0.1) is 0 Å². The second-order valence-corrected chi connectivity index (χ2v) is 4.17. The highest BCUT2D eigenvalue weighted by atomic mass is 79.9. The van der Waals surface area contributed by atoms with Gasteiger partial charge in [-0.15, -0.1) is 0 Å². The van der Waals surface area contributed by atoms with Gasteiger partial charge in [-0.05, 0) is 18.2 Å². The summed E-state index contributed by atoms with van der Waals surface area (Å²) < 4.78 is 8.09. The average molecular weight is 246 g/mol. The first-order valence-electron chi connectivity index (χ1n) is 3.45. The van der Waals surface area contributed by atoms with Crippen molar-refractivity contribution < 1.29 is 9.02 Å². The zero-order valence-corrected chi connectivity index (χ0v) is 8.26. The second-order valence-electron chi connectivity index (χ2n) is 2.58. The van der Waals surface area contributed by atoms with Crippen LogP contribution in [0.3, 0.4) is 0 Å². The summed E-state index contributed by atoms with van der Waals surface area (Å²) >= 11 is 4.64. The van der Waals surface area contributed by atoms with Gasteiger partial charge in [0.1, 0.15) is 5.75 Å². The normalized spacial score (nSPS) is 30.1. The van der Waals surface area contributed by atoms with E-state index in [1.807, 2.05) is 18.2 Å². The molecule has 3 rings (SSSR count). The Labute approximate surface area is 82.1 Å². The highest BCUT2D eigenvalue weighted by Crippen LogP contribution is 2.52. The van der Waals surface area contributed by atoms with E-state index in [-0.39, 0.29) is 6.23 Å². The van der Waals surface area contributed by atoms with Crippen LogP contribution in [0.4, 0.5) is 0 Å². The van der Waals surface area contributed by atoms with E-state index in [2.05, 4.69) is 15.9 Å². The van der Waals surface area contributed by atoms with E-state index in [4.69, 9.17) is 9.02 Å². The van der Waals surface area contributed by atoms with E-state index < -0.39 is 0 Å². The van der Waals surface area contributed by atoms with Crippen LogP contribution in [-0.2, 0) is 4.84 Å². The van der Waals surface area contributed by atoms with Crippen molar-refractivity contribution in [1.29, 1.82) is 0 Å². The van der Waals surface area contributed by atoms with Crippen LogP contribution >= 0.6 is 28.2 Å². The second kappa shape index (κ2) is 2.38. The number of benzene rings is 1. The highest BCUT2D eigenvalue weighted by molar-refractivity contribution is 9.10. The number of hydroxylamine groups is 1. The molecule has 2 aliphatic rings. The lowest BCUT2D eigenvalue weighted by Crippen LogP contribution is -2.00. The summed E-state index contributed by atoms with van der Waals surface area (Å²) in [5, 5.41) is 0. The van der Waals surface area contributed by atoms with Crippen molar-refractivity contribution >= 4 is 28.2 Å². The van der Waals surface area contributed by atoms with Crippen LogP contribution in [0.5, 0.6) is 5.75 Å². The minimum Gasteiger partial charge on any atom is -0.407 e. The van der Waals surface area contributed by atoms with Crippen LogP contribution < -0.4 is 4.18 Å². The zero-order valence-electron chi connectivity index (χ0n) is 5.86. The van der Waals surface area contributed by atoms with Crippen LogP contribution in [0.2, 0.25) is 0 Å². The molecule has 0 aliphatic carbocycles. The number of halogens is 1. The van der Waals surface area contributed by atoms with Gasteiger partial charge in [-0.25, -0.2) is 0 Å². The van der Waals surface area contributed by atoms with Crippen molar-refractivity contribution in [2.24, 2.45) is 0 Å². The van der Waals surface area contributed by atoms with Crippen molar-refractivity contribution in [3.8, 4) is 5.75 Å². The van der Waals surface area contributed by atoms with Gasteiger partial charge in [-0.2, -0.15) is 0 Å². The van der Waals surface area contributed by atoms with Crippen LogP contribution in [0, 0.1) is 0 Å². The van der Waals surface area contributed by atoms with E-state index in [9.17, 15) is 0 Å². The fourth-order valence-corrected chi connectivity index (χ4v) is 2.16. The van der Waals surface area contributed by atoms with E-state index in [1.54, 1.807) is 4.47 Å². The molecule has 0 saturated carbocycles. The number of hydrogen-bond donors (Lipinski definition) is 0. The topological polar surface area (TPSA) is 24.8 Å². The number of hydrogen-bond acceptors (Lipinski definition) is 4. The average Bonchev–Trinajstić information content (AvgIpc) is 2.82. The summed E-state index contributed by atoms with van der Waals surface area (Å²) in [6.45, 7) is 0. The third kappa shape index (κ3) is 0.974. The van der Waals surface area contributed by atoms with Gasteiger partial charge in [0.15, 0.2) is 18.5 Å². The molecule has 2 unspecified atom stereocenters. The largest absolute Gasteiger partial charge is 0.407 e. The molecule has 2 heterocycles. The quantitative estimate of drug-likeness (QED) is 0.399. The molecule has 0 amide bonds. The summed E-state index contributed by atoms with van der Waals surface area (Å²) in [4.78, 5) is 5.21. The minimum absolute atomic E-state index is 0.0937. The fourth-order valence-electron chi connectivity index (χ4n) is 1.16. The molecule has 2 atom stereocenters. The summed E-state index contributed by atoms with van der Waals surface area (Å²) in [6, 6.07) is 5.91. The third-order valence-corrected chi connectivity index (χ3v) is 2.96. The first kappa shape index (κ1) is 7.20. The van der Waals surface area contributed by atoms with Crippen LogP contribution in [-0.4, -0.2) is 4.47 Å². The van der Waals surface area contributed by atoms with Gasteiger partial charge < -0.3 is 4.18 Å². The van der Waals surface area contributed by atoms with Crippen molar-refractivity contribution in [2.75, 3.05) is 0 Å². The Morgan fingerprint density at radius 2 is 2.42 bits per heavy atom. The third-order valence-electron chi connectivity index (χ3n) is 1.79. The van der Waals surface area contributed by atoms with Crippen LogP contribution in [0.25, 0.3) is 0 Å². The summed E-state index contributed by atoms with van der Waals surface area (Å²) in [6.07, 6.45) is 0.0937. The van der Waals surface area contributed by atoms with Crippen LogP contribution in [0.15, 0.2) is 22.7 Å². The molecule has 0 N–H and O–H groups in total. The maximum absolute atomic E-state index is 5.33. The lowest BCUT2D eigenvalue weighted by atomic mass is 10.2. The number of fused-ring (bicyclic) bond motifs is 3. The maximum atomic E-state index is 5.33. The molecule has 0 spiro atoms. The molecular formula is C7H4BrNO2S. The van der Waals surface area contributed by atoms with E-state index in [0.717, 1.165) is 15.8 Å². The Bertz CT molecular complexity index is 346. The molecule has 1 fully saturated rings. The molecule has 62 valence electrons. The van der Waals surface area contributed by atoms with Gasteiger partial charge in [0.2, 0.25) is 0 Å². The molecule has 2 aliphatic heterocycles. The van der Waals surface area contributed by atoms with Crippen LogP contribution in [0.1, 0.15) is 11.8 Å². The van der Waals surface area contributed by atoms with Crippen molar-refractivity contribution in [2.45, 2.75) is 6.23 Å². The van der Waals surface area contributed by atoms with E-state index >= 15 is 0 Å². The van der Waals surface area contributed by atoms with Gasteiger partial charge in [-0.1, -0.05) is 20.4 Å². The predicted octanol–water partition coefficient (Wildman–Crippen LogP) is 2.65. The van der Waals surface area contributed by atoms with Gasteiger partial charge in [0.25, 0.3) is 0 Å². The van der Waals surface area contributed by atoms with Crippen molar-refractivity contribution in [3.05, 3.63) is 28.2 Å².